The predicted octanol–water partition coefficient (Wildman–Crippen LogP) is 4.06. The molecule has 0 saturated heterocycles. The van der Waals surface area contributed by atoms with Gasteiger partial charge in [-0.25, -0.2) is 0 Å². The minimum atomic E-state index is 0.641. The van der Waals surface area contributed by atoms with Crippen LogP contribution in [-0.2, 0) is 12.8 Å². The number of hydrogen-bond acceptors (Lipinski definition) is 0. The van der Waals surface area contributed by atoms with E-state index in [1.54, 1.807) is 11.1 Å². The molecule has 1 heteroatoms. The Hall–Kier alpha value is -0.300. The second kappa shape index (κ2) is 4.48. The Morgan fingerprint density at radius 2 is 1.93 bits per heavy atom. The average Bonchev–Trinajstić information content (AvgIpc) is 2.27. The van der Waals surface area contributed by atoms with Gasteiger partial charge in [-0.15, -0.1) is 0 Å². The predicted molar refractivity (Wildman–Crippen MR) is 65.3 cm³/mol. The Labute approximate surface area is 94.8 Å². The van der Waals surface area contributed by atoms with Gasteiger partial charge in [0.05, 0.1) is 0 Å². The average molecular weight is 253 g/mol. The molecule has 2 rings (SSSR count). The number of hydrogen-bond donors (Lipinski definition) is 0. The summed E-state index contributed by atoms with van der Waals surface area (Å²) in [5.41, 5.74) is 4.67. The van der Waals surface area contributed by atoms with E-state index in [0.717, 1.165) is 5.33 Å². The molecule has 0 bridgehead atoms. The molecular weight excluding hydrogens is 236 g/mol. The minimum Gasteiger partial charge on any atom is -0.0922 e. The molecule has 1 aromatic rings. The van der Waals surface area contributed by atoms with Gasteiger partial charge < -0.3 is 0 Å². The quantitative estimate of drug-likeness (QED) is 0.697. The van der Waals surface area contributed by atoms with Gasteiger partial charge in [-0.3, -0.25) is 0 Å². The van der Waals surface area contributed by atoms with Crippen LogP contribution in [0.1, 0.15) is 42.4 Å². The van der Waals surface area contributed by atoms with Crippen LogP contribution in [0.15, 0.2) is 18.2 Å². The first-order chi connectivity index (χ1) is 6.81. The van der Waals surface area contributed by atoms with Crippen molar-refractivity contribution in [3.05, 3.63) is 34.9 Å². The number of benzene rings is 1. The van der Waals surface area contributed by atoms with Crippen molar-refractivity contribution in [2.75, 3.05) is 5.33 Å². The van der Waals surface area contributed by atoms with Gasteiger partial charge in [0.1, 0.15) is 0 Å². The summed E-state index contributed by atoms with van der Waals surface area (Å²) in [6.45, 7) is 2.28. The SMILES string of the molecule is CC(CBr)c1ccc2c(c1)CCCC2. The van der Waals surface area contributed by atoms with Crippen LogP contribution in [0.3, 0.4) is 0 Å². The van der Waals surface area contributed by atoms with Crippen LogP contribution < -0.4 is 0 Å². The van der Waals surface area contributed by atoms with Crippen LogP contribution in [-0.4, -0.2) is 5.33 Å². The van der Waals surface area contributed by atoms with Gasteiger partial charge in [0.2, 0.25) is 0 Å². The number of fused-ring (bicyclic) bond motifs is 1. The third-order valence-corrected chi connectivity index (χ3v) is 4.14. The number of aryl methyl sites for hydroxylation is 2. The summed E-state index contributed by atoms with van der Waals surface area (Å²) in [5.74, 6) is 0.641. The van der Waals surface area contributed by atoms with E-state index in [2.05, 4.69) is 41.1 Å². The molecule has 0 aromatic heterocycles. The molecule has 0 amide bonds. The molecule has 0 N–H and O–H groups in total. The molecule has 14 heavy (non-hydrogen) atoms. The van der Waals surface area contributed by atoms with Crippen LogP contribution in [0.2, 0.25) is 0 Å². The summed E-state index contributed by atoms with van der Waals surface area (Å²) < 4.78 is 0. The van der Waals surface area contributed by atoms with Crippen molar-refractivity contribution in [2.24, 2.45) is 0 Å². The van der Waals surface area contributed by atoms with Crippen molar-refractivity contribution in [1.29, 1.82) is 0 Å². The maximum Gasteiger partial charge on any atom is 0.00975 e. The molecule has 0 saturated carbocycles. The highest BCUT2D eigenvalue weighted by Gasteiger charge is 2.11. The summed E-state index contributed by atoms with van der Waals surface area (Å²) in [6, 6.07) is 7.06. The third kappa shape index (κ3) is 2.03. The molecule has 0 heterocycles. The van der Waals surface area contributed by atoms with Crippen molar-refractivity contribution < 1.29 is 0 Å². The Balaban J connectivity index is 2.29. The molecule has 1 unspecified atom stereocenters. The minimum absolute atomic E-state index is 0.641. The number of alkyl halides is 1. The standard InChI is InChI=1S/C13H17Br/c1-10(9-14)12-7-6-11-4-2-3-5-13(11)8-12/h6-8,10H,2-5,9H2,1H3. The fourth-order valence-electron chi connectivity index (χ4n) is 2.15. The number of rotatable bonds is 2. The van der Waals surface area contributed by atoms with E-state index < -0.39 is 0 Å². The van der Waals surface area contributed by atoms with E-state index in [0.29, 0.717) is 5.92 Å². The molecule has 0 spiro atoms. The molecule has 1 aliphatic carbocycles. The van der Waals surface area contributed by atoms with Crippen molar-refractivity contribution in [1.82, 2.24) is 0 Å². The maximum absolute atomic E-state index is 3.55. The van der Waals surface area contributed by atoms with Crippen LogP contribution in [0.25, 0.3) is 0 Å². The van der Waals surface area contributed by atoms with E-state index in [9.17, 15) is 0 Å². The second-order valence-corrected chi connectivity index (χ2v) is 4.94. The first-order valence-electron chi connectivity index (χ1n) is 5.49. The van der Waals surface area contributed by atoms with Gasteiger partial charge in [0.25, 0.3) is 0 Å². The Morgan fingerprint density at radius 1 is 1.21 bits per heavy atom. The lowest BCUT2D eigenvalue weighted by Crippen LogP contribution is -2.04. The first-order valence-corrected chi connectivity index (χ1v) is 6.61. The Bertz CT molecular complexity index is 317. The zero-order chi connectivity index (χ0) is 9.97. The second-order valence-electron chi connectivity index (χ2n) is 4.29. The fourth-order valence-corrected chi connectivity index (χ4v) is 2.52. The molecule has 0 nitrogen and oxygen atoms in total. The summed E-state index contributed by atoms with van der Waals surface area (Å²) in [6.07, 6.45) is 5.33. The van der Waals surface area contributed by atoms with Crippen LogP contribution in [0.5, 0.6) is 0 Å². The van der Waals surface area contributed by atoms with E-state index in [1.807, 2.05) is 0 Å². The van der Waals surface area contributed by atoms with Crippen LogP contribution in [0.4, 0.5) is 0 Å². The van der Waals surface area contributed by atoms with Gasteiger partial charge in [-0.05, 0) is 48.3 Å². The molecule has 1 aliphatic rings. The van der Waals surface area contributed by atoms with Gasteiger partial charge in [-0.1, -0.05) is 41.1 Å². The highest BCUT2D eigenvalue weighted by molar-refractivity contribution is 9.09. The molecule has 0 radical (unpaired) electrons. The fraction of sp³-hybridized carbons (Fsp3) is 0.538. The third-order valence-electron chi connectivity index (χ3n) is 3.17. The number of halogens is 1. The van der Waals surface area contributed by atoms with Gasteiger partial charge in [-0.2, -0.15) is 0 Å². The summed E-state index contributed by atoms with van der Waals surface area (Å²) >= 11 is 3.55. The Morgan fingerprint density at radius 3 is 2.64 bits per heavy atom. The lowest BCUT2D eigenvalue weighted by Gasteiger charge is -2.18. The first kappa shape index (κ1) is 10.2. The summed E-state index contributed by atoms with van der Waals surface area (Å²) in [5, 5.41) is 1.06. The maximum atomic E-state index is 3.55. The molecule has 76 valence electrons. The zero-order valence-electron chi connectivity index (χ0n) is 8.72. The van der Waals surface area contributed by atoms with Crippen molar-refractivity contribution >= 4 is 15.9 Å². The molecule has 0 fully saturated rings. The molecule has 1 aromatic carbocycles. The van der Waals surface area contributed by atoms with E-state index in [-0.39, 0.29) is 0 Å². The van der Waals surface area contributed by atoms with Gasteiger partial charge >= 0.3 is 0 Å². The van der Waals surface area contributed by atoms with E-state index in [4.69, 9.17) is 0 Å². The van der Waals surface area contributed by atoms with E-state index in [1.165, 1.54) is 31.2 Å². The molecular formula is C13H17Br. The monoisotopic (exact) mass is 252 g/mol. The molecule has 1 atom stereocenters. The topological polar surface area (TPSA) is 0 Å². The lowest BCUT2D eigenvalue weighted by molar-refractivity contribution is 0.683. The van der Waals surface area contributed by atoms with E-state index >= 15 is 0 Å². The largest absolute Gasteiger partial charge is 0.0922 e. The smallest absolute Gasteiger partial charge is 0.00975 e. The zero-order valence-corrected chi connectivity index (χ0v) is 10.3. The lowest BCUT2D eigenvalue weighted by atomic mass is 9.88. The van der Waals surface area contributed by atoms with Crippen molar-refractivity contribution in [3.8, 4) is 0 Å². The molecule has 0 aliphatic heterocycles. The van der Waals surface area contributed by atoms with Gasteiger partial charge in [0.15, 0.2) is 0 Å². The van der Waals surface area contributed by atoms with Gasteiger partial charge in [0, 0.05) is 5.33 Å². The van der Waals surface area contributed by atoms with Crippen LogP contribution >= 0.6 is 15.9 Å². The highest BCUT2D eigenvalue weighted by Crippen LogP contribution is 2.26. The van der Waals surface area contributed by atoms with Crippen LogP contribution in [0, 0.1) is 0 Å². The highest BCUT2D eigenvalue weighted by atomic mass is 79.9. The Kier molecular flexibility index (Phi) is 3.27. The summed E-state index contributed by atoms with van der Waals surface area (Å²) in [7, 11) is 0. The summed E-state index contributed by atoms with van der Waals surface area (Å²) in [4.78, 5) is 0. The normalized spacial score (nSPS) is 17.6. The van der Waals surface area contributed by atoms with Crippen molar-refractivity contribution in [3.63, 3.8) is 0 Å². The van der Waals surface area contributed by atoms with Crippen molar-refractivity contribution in [2.45, 2.75) is 38.5 Å².